The van der Waals surface area contributed by atoms with Crippen molar-refractivity contribution >= 4 is 55.2 Å². The summed E-state index contributed by atoms with van der Waals surface area (Å²) in [6.45, 7) is 0. The van der Waals surface area contributed by atoms with Crippen LogP contribution in [0.2, 0.25) is 0 Å². The molecule has 0 nitrogen and oxygen atoms in total. The minimum atomic E-state index is 0.129. The Bertz CT molecular complexity index is 3630. The van der Waals surface area contributed by atoms with Crippen molar-refractivity contribution in [2.24, 2.45) is 0 Å². The van der Waals surface area contributed by atoms with E-state index in [1.165, 1.54) is 132 Å². The van der Waals surface area contributed by atoms with Crippen LogP contribution in [0.25, 0.3) is 99.7 Å². The quantitative estimate of drug-likeness (QED) is 0.152. The third kappa shape index (κ3) is 5.22. The van der Waals surface area contributed by atoms with Gasteiger partial charge in [0.05, 0.1) is 0 Å². The Morgan fingerprint density at radius 2 is 0.937 bits per heavy atom. The summed E-state index contributed by atoms with van der Waals surface area (Å²) < 4.78 is 0. The lowest BCUT2D eigenvalue weighted by Gasteiger charge is -2.24. The van der Waals surface area contributed by atoms with Gasteiger partial charge >= 0.3 is 0 Å². The van der Waals surface area contributed by atoms with Crippen LogP contribution in [0, 0.1) is 0 Å². The monoisotopic (exact) mass is 796 g/mol. The molecule has 0 heterocycles. The van der Waals surface area contributed by atoms with Gasteiger partial charge in [-0.15, -0.1) is 0 Å². The molecule has 0 saturated heterocycles. The summed E-state index contributed by atoms with van der Waals surface area (Å²) >= 11 is 0. The maximum absolute atomic E-state index is 2.50. The Morgan fingerprint density at radius 3 is 1.67 bits per heavy atom. The molecule has 0 radical (unpaired) electrons. The highest BCUT2D eigenvalue weighted by Gasteiger charge is 2.34. The van der Waals surface area contributed by atoms with Crippen molar-refractivity contribution in [2.75, 3.05) is 0 Å². The molecule has 292 valence electrons. The van der Waals surface area contributed by atoms with Gasteiger partial charge in [0.25, 0.3) is 0 Å². The first-order valence-electron chi connectivity index (χ1n) is 22.4. The predicted octanol–water partition coefficient (Wildman–Crippen LogP) is 16.6. The highest BCUT2D eigenvalue weighted by Crippen LogP contribution is 2.53. The third-order valence-corrected chi connectivity index (χ3v) is 14.6. The molecule has 0 amide bonds. The summed E-state index contributed by atoms with van der Waals surface area (Å²) in [6.07, 6.45) is 10.9. The van der Waals surface area contributed by atoms with Gasteiger partial charge in [-0.25, -0.2) is 0 Å². The zero-order valence-corrected chi connectivity index (χ0v) is 34.6. The Balaban J connectivity index is 0.995. The summed E-state index contributed by atoms with van der Waals surface area (Å²) in [4.78, 5) is 0. The topological polar surface area (TPSA) is 0 Å². The Kier molecular flexibility index (Phi) is 7.39. The van der Waals surface area contributed by atoms with E-state index in [0.717, 1.165) is 6.42 Å². The molecule has 11 aromatic carbocycles. The second-order valence-electron chi connectivity index (χ2n) is 17.9. The van der Waals surface area contributed by atoms with Gasteiger partial charge in [-0.1, -0.05) is 194 Å². The maximum Gasteiger partial charge on any atom is 0.0288 e. The molecule has 0 spiro atoms. The highest BCUT2D eigenvalue weighted by atomic mass is 14.4. The van der Waals surface area contributed by atoms with E-state index in [1.54, 1.807) is 0 Å². The number of fused-ring (bicyclic) bond motifs is 9. The molecule has 0 saturated carbocycles. The molecule has 0 bridgehead atoms. The number of benzene rings is 11. The minimum Gasteiger partial charge on any atom is -0.0720 e. The van der Waals surface area contributed by atoms with Gasteiger partial charge in [-0.2, -0.15) is 0 Å². The van der Waals surface area contributed by atoms with Crippen molar-refractivity contribution in [3.05, 3.63) is 251 Å². The fourth-order valence-electron chi connectivity index (χ4n) is 11.7. The van der Waals surface area contributed by atoms with Crippen LogP contribution in [0.4, 0.5) is 0 Å². The lowest BCUT2D eigenvalue weighted by molar-refractivity contribution is 1.01. The third-order valence-electron chi connectivity index (χ3n) is 14.6. The number of hydrogen-bond acceptors (Lipinski definition) is 0. The molecule has 0 fully saturated rings. The molecule has 0 aliphatic heterocycles. The van der Waals surface area contributed by atoms with Gasteiger partial charge < -0.3 is 0 Å². The van der Waals surface area contributed by atoms with E-state index >= 15 is 0 Å². The molecule has 2 unspecified atom stereocenters. The molecule has 0 heteroatoms. The minimum absolute atomic E-state index is 0.129. The average molecular weight is 797 g/mol. The van der Waals surface area contributed by atoms with Crippen LogP contribution in [0.5, 0.6) is 0 Å². The van der Waals surface area contributed by atoms with Gasteiger partial charge in [0.15, 0.2) is 0 Å². The standard InChI is InChI=1S/C63H40/c1-3-11-38(12-4-1)46-33-47(39-13-5-2-6-14-39)35-48(34-46)42-25-26-55-59(36-42)56-28-27-51(49-31-44-23-21-40-16-9-17-41-22-24-45(32-49)61(44)60(40)41)62(56)57-30-29-54(63(55)57)53-20-10-19-52-50-18-8-7-15-43(50)37-58(52)53/h1-36,51,54H,37H2. The van der Waals surface area contributed by atoms with E-state index in [0.29, 0.717) is 0 Å². The number of allylic oxidation sites excluding steroid dienone is 2. The zero-order valence-electron chi connectivity index (χ0n) is 34.6. The highest BCUT2D eigenvalue weighted by molar-refractivity contribution is 6.23. The zero-order chi connectivity index (χ0) is 41.2. The van der Waals surface area contributed by atoms with Crippen LogP contribution in [0.1, 0.15) is 56.3 Å². The van der Waals surface area contributed by atoms with Gasteiger partial charge in [-0.05, 0) is 163 Å². The number of rotatable bonds is 5. The summed E-state index contributed by atoms with van der Waals surface area (Å²) in [5.41, 5.74) is 21.4. The molecule has 14 rings (SSSR count). The first-order valence-corrected chi connectivity index (χ1v) is 22.4. The van der Waals surface area contributed by atoms with Crippen LogP contribution in [0.3, 0.4) is 0 Å². The molecule has 0 aromatic heterocycles. The molecule has 11 aromatic rings. The lowest BCUT2D eigenvalue weighted by atomic mass is 9.79. The molecule has 0 N–H and O–H groups in total. The molecular weight excluding hydrogens is 757 g/mol. The van der Waals surface area contributed by atoms with Crippen LogP contribution in [0.15, 0.2) is 206 Å². The predicted molar refractivity (Wildman–Crippen MR) is 267 cm³/mol. The summed E-state index contributed by atoms with van der Waals surface area (Å²) in [6, 6.07) is 73.0. The summed E-state index contributed by atoms with van der Waals surface area (Å²) in [5, 5.41) is 10.7. The molecule has 63 heavy (non-hydrogen) atoms. The van der Waals surface area contributed by atoms with Crippen LogP contribution in [-0.4, -0.2) is 0 Å². The van der Waals surface area contributed by atoms with E-state index < -0.39 is 0 Å². The smallest absolute Gasteiger partial charge is 0.0288 e. The summed E-state index contributed by atoms with van der Waals surface area (Å²) in [7, 11) is 0. The Hall–Kier alpha value is -7.80. The first-order chi connectivity index (χ1) is 31.2. The molecular formula is C63H40. The molecule has 2 atom stereocenters. The molecule has 3 aliphatic rings. The second kappa shape index (κ2) is 13.3. The van der Waals surface area contributed by atoms with Crippen molar-refractivity contribution in [1.29, 1.82) is 0 Å². The Labute approximate surface area is 367 Å². The van der Waals surface area contributed by atoms with Gasteiger partial charge in [0.2, 0.25) is 0 Å². The van der Waals surface area contributed by atoms with Crippen LogP contribution in [-0.2, 0) is 6.42 Å². The Morgan fingerprint density at radius 1 is 0.349 bits per heavy atom. The first kappa shape index (κ1) is 34.9. The largest absolute Gasteiger partial charge is 0.0720 e. The normalized spacial score (nSPS) is 15.7. The average Bonchev–Trinajstić information content (AvgIpc) is 4.10. The SMILES string of the molecule is C1=CC(c2cccc3c2Cc2ccccc2-3)c2c1c1c(c3cc(-c4cc(-c5ccccc5)cc(-c5ccccc5)c4)ccc23)C=CC1c1cc2ccc3cccc4ccc(c1)c2c34. The van der Waals surface area contributed by atoms with Gasteiger partial charge in [0, 0.05) is 11.8 Å². The van der Waals surface area contributed by atoms with Crippen LogP contribution >= 0.6 is 0 Å². The maximum atomic E-state index is 2.50. The molecule has 3 aliphatic carbocycles. The van der Waals surface area contributed by atoms with E-state index in [-0.39, 0.29) is 11.8 Å². The fourth-order valence-corrected chi connectivity index (χ4v) is 11.7. The van der Waals surface area contributed by atoms with Crippen molar-refractivity contribution in [2.45, 2.75) is 18.3 Å². The number of hydrogen-bond donors (Lipinski definition) is 0. The van der Waals surface area contributed by atoms with E-state index in [2.05, 4.69) is 218 Å². The fraction of sp³-hybridized carbons (Fsp3) is 0.0476. The van der Waals surface area contributed by atoms with Crippen molar-refractivity contribution in [3.63, 3.8) is 0 Å². The van der Waals surface area contributed by atoms with Gasteiger partial charge in [-0.3, -0.25) is 0 Å². The van der Waals surface area contributed by atoms with E-state index in [9.17, 15) is 0 Å². The second-order valence-corrected chi connectivity index (χ2v) is 17.9. The van der Waals surface area contributed by atoms with Crippen LogP contribution < -0.4 is 0 Å². The van der Waals surface area contributed by atoms with Crippen molar-refractivity contribution in [1.82, 2.24) is 0 Å². The lowest BCUT2D eigenvalue weighted by Crippen LogP contribution is -2.06. The van der Waals surface area contributed by atoms with E-state index in [4.69, 9.17) is 0 Å². The summed E-state index contributed by atoms with van der Waals surface area (Å²) in [5.74, 6) is 0.282. The van der Waals surface area contributed by atoms with E-state index in [1.807, 2.05) is 0 Å². The van der Waals surface area contributed by atoms with Crippen molar-refractivity contribution in [3.8, 4) is 44.5 Å². The van der Waals surface area contributed by atoms with Gasteiger partial charge in [0.1, 0.15) is 0 Å². The van der Waals surface area contributed by atoms with Crippen molar-refractivity contribution < 1.29 is 0 Å².